The van der Waals surface area contributed by atoms with Crippen molar-refractivity contribution in [2.24, 2.45) is 0 Å². The predicted molar refractivity (Wildman–Crippen MR) is 160 cm³/mol. The molecule has 39 heavy (non-hydrogen) atoms. The Morgan fingerprint density at radius 2 is 1.69 bits per heavy atom. The van der Waals surface area contributed by atoms with Crippen molar-refractivity contribution in [1.82, 2.24) is 0 Å². The van der Waals surface area contributed by atoms with E-state index in [4.69, 9.17) is 21.1 Å². The maximum atomic E-state index is 13.8. The van der Waals surface area contributed by atoms with Gasteiger partial charge >= 0.3 is 0 Å². The molecule has 1 heterocycles. The van der Waals surface area contributed by atoms with Crippen molar-refractivity contribution < 1.29 is 14.3 Å². The molecule has 2 aliphatic rings. The summed E-state index contributed by atoms with van der Waals surface area (Å²) < 4.78 is 11.9. The molecule has 0 radical (unpaired) electrons. The van der Waals surface area contributed by atoms with E-state index in [1.807, 2.05) is 35.2 Å². The maximum absolute atomic E-state index is 13.8. The molecule has 0 saturated heterocycles. The van der Waals surface area contributed by atoms with Crippen LogP contribution in [-0.4, -0.2) is 32.2 Å². The summed E-state index contributed by atoms with van der Waals surface area (Å²) in [6.07, 6.45) is 7.63. The van der Waals surface area contributed by atoms with Gasteiger partial charge in [-0.25, -0.2) is 0 Å². The van der Waals surface area contributed by atoms with Crippen LogP contribution in [0.25, 0.3) is 0 Å². The molecule has 1 aliphatic heterocycles. The summed E-state index contributed by atoms with van der Waals surface area (Å²) in [5, 5.41) is 0.665. The van der Waals surface area contributed by atoms with Crippen molar-refractivity contribution in [3.05, 3.63) is 82.4 Å². The SMILES string of the molecule is CC[C@@H](C)Oc1cc2c(cc1OC)CC(=O)N(c1ccc(N(C)C3CCCCC3)cc1)C2c1ccc(Cl)cc1. The third-order valence-electron chi connectivity index (χ3n) is 8.34. The molecule has 1 unspecified atom stereocenters. The molecule has 1 fully saturated rings. The Morgan fingerprint density at radius 3 is 2.33 bits per heavy atom. The quantitative estimate of drug-likeness (QED) is 0.287. The molecule has 2 atom stereocenters. The minimum atomic E-state index is -0.314. The van der Waals surface area contributed by atoms with Crippen LogP contribution in [0.15, 0.2) is 60.7 Å². The number of amides is 1. The molecular formula is C33H39ClN2O3. The third kappa shape index (κ3) is 5.74. The summed E-state index contributed by atoms with van der Waals surface area (Å²) in [7, 11) is 3.83. The molecule has 206 valence electrons. The molecule has 1 amide bonds. The van der Waals surface area contributed by atoms with E-state index in [0.29, 0.717) is 29.0 Å². The molecular weight excluding hydrogens is 508 g/mol. The predicted octanol–water partition coefficient (Wildman–Crippen LogP) is 7.97. The summed E-state index contributed by atoms with van der Waals surface area (Å²) in [4.78, 5) is 18.1. The van der Waals surface area contributed by atoms with Crippen molar-refractivity contribution in [1.29, 1.82) is 0 Å². The first-order chi connectivity index (χ1) is 18.9. The van der Waals surface area contributed by atoms with E-state index in [0.717, 1.165) is 28.8 Å². The number of fused-ring (bicyclic) bond motifs is 1. The van der Waals surface area contributed by atoms with Crippen LogP contribution in [0, 0.1) is 0 Å². The summed E-state index contributed by atoms with van der Waals surface area (Å²) in [5.74, 6) is 1.40. The highest BCUT2D eigenvalue weighted by atomic mass is 35.5. The number of hydrogen-bond acceptors (Lipinski definition) is 4. The number of carbonyl (C=O) groups excluding carboxylic acids is 1. The van der Waals surface area contributed by atoms with Gasteiger partial charge in [0.1, 0.15) is 0 Å². The van der Waals surface area contributed by atoms with Crippen molar-refractivity contribution in [3.63, 3.8) is 0 Å². The van der Waals surface area contributed by atoms with E-state index >= 15 is 0 Å². The van der Waals surface area contributed by atoms with E-state index < -0.39 is 0 Å². The summed E-state index contributed by atoms with van der Waals surface area (Å²) >= 11 is 6.26. The maximum Gasteiger partial charge on any atom is 0.232 e. The molecule has 5 nitrogen and oxygen atoms in total. The lowest BCUT2D eigenvalue weighted by Crippen LogP contribution is -2.41. The van der Waals surface area contributed by atoms with Gasteiger partial charge in [0.05, 0.1) is 25.7 Å². The zero-order chi connectivity index (χ0) is 27.5. The van der Waals surface area contributed by atoms with Gasteiger partial charge in [-0.3, -0.25) is 4.79 Å². The Hall–Kier alpha value is -3.18. The van der Waals surface area contributed by atoms with Crippen LogP contribution >= 0.6 is 11.6 Å². The van der Waals surface area contributed by atoms with Crippen LogP contribution in [0.1, 0.15) is 75.1 Å². The number of methoxy groups -OCH3 is 1. The molecule has 0 N–H and O–H groups in total. The van der Waals surface area contributed by atoms with Crippen LogP contribution in [0.5, 0.6) is 11.5 Å². The molecule has 0 aromatic heterocycles. The molecule has 0 spiro atoms. The Morgan fingerprint density at radius 1 is 1.00 bits per heavy atom. The van der Waals surface area contributed by atoms with Crippen LogP contribution in [0.3, 0.4) is 0 Å². The van der Waals surface area contributed by atoms with E-state index in [2.05, 4.69) is 56.1 Å². The fraction of sp³-hybridized carbons (Fsp3) is 0.424. The first-order valence-corrected chi connectivity index (χ1v) is 14.5. The zero-order valence-corrected chi connectivity index (χ0v) is 24.2. The van der Waals surface area contributed by atoms with Crippen LogP contribution < -0.4 is 19.3 Å². The van der Waals surface area contributed by atoms with Gasteiger partial charge in [0, 0.05) is 29.5 Å². The molecule has 0 bridgehead atoms. The minimum Gasteiger partial charge on any atom is -0.493 e. The molecule has 1 saturated carbocycles. The van der Waals surface area contributed by atoms with Gasteiger partial charge in [-0.2, -0.15) is 0 Å². The lowest BCUT2D eigenvalue weighted by atomic mass is 9.86. The fourth-order valence-corrected chi connectivity index (χ4v) is 6.03. The fourth-order valence-electron chi connectivity index (χ4n) is 5.90. The highest BCUT2D eigenvalue weighted by molar-refractivity contribution is 6.30. The summed E-state index contributed by atoms with van der Waals surface area (Å²) in [5.41, 5.74) is 5.06. The number of rotatable bonds is 8. The first kappa shape index (κ1) is 27.4. The second kappa shape index (κ2) is 11.9. The smallest absolute Gasteiger partial charge is 0.232 e. The number of ether oxygens (including phenoxy) is 2. The molecule has 5 rings (SSSR count). The van der Waals surface area contributed by atoms with Crippen LogP contribution in [0.2, 0.25) is 5.02 Å². The van der Waals surface area contributed by atoms with Gasteiger partial charge in [0.25, 0.3) is 0 Å². The Bertz CT molecular complexity index is 1290. The van der Waals surface area contributed by atoms with Gasteiger partial charge in [0.15, 0.2) is 11.5 Å². The number of anilines is 2. The number of hydrogen-bond donors (Lipinski definition) is 0. The standard InChI is InChI=1S/C33H39ClN2O3/c1-5-22(2)39-31-21-29-24(19-30(31)38-4)20-32(37)36(33(29)23-11-13-25(34)14-12-23)28-17-15-27(16-18-28)35(3)26-9-7-6-8-10-26/h11-19,21-22,26,33H,5-10,20H2,1-4H3/t22-,33?/m1/s1. The van der Waals surface area contributed by atoms with E-state index in [1.165, 1.54) is 37.8 Å². The van der Waals surface area contributed by atoms with Crippen molar-refractivity contribution in [3.8, 4) is 11.5 Å². The Balaban J connectivity index is 1.56. The van der Waals surface area contributed by atoms with Gasteiger partial charge in [-0.05, 0) is 91.4 Å². The van der Waals surface area contributed by atoms with E-state index in [1.54, 1.807) is 7.11 Å². The van der Waals surface area contributed by atoms with E-state index in [9.17, 15) is 4.79 Å². The van der Waals surface area contributed by atoms with Crippen LogP contribution in [-0.2, 0) is 11.2 Å². The Labute approximate surface area is 237 Å². The van der Waals surface area contributed by atoms with Crippen molar-refractivity contribution in [2.75, 3.05) is 24.0 Å². The number of benzene rings is 3. The zero-order valence-electron chi connectivity index (χ0n) is 23.5. The largest absolute Gasteiger partial charge is 0.493 e. The van der Waals surface area contributed by atoms with Gasteiger partial charge in [0.2, 0.25) is 5.91 Å². The molecule has 3 aromatic rings. The Kier molecular flexibility index (Phi) is 8.37. The lowest BCUT2D eigenvalue weighted by Gasteiger charge is -2.38. The van der Waals surface area contributed by atoms with Crippen LogP contribution in [0.4, 0.5) is 11.4 Å². The van der Waals surface area contributed by atoms with Gasteiger partial charge in [-0.1, -0.05) is 49.9 Å². The normalized spacial score (nSPS) is 18.4. The first-order valence-electron chi connectivity index (χ1n) is 14.2. The second-order valence-corrected chi connectivity index (χ2v) is 11.3. The number of halogens is 1. The average molecular weight is 547 g/mol. The monoisotopic (exact) mass is 546 g/mol. The molecule has 1 aliphatic carbocycles. The topological polar surface area (TPSA) is 42.0 Å². The highest BCUT2D eigenvalue weighted by Gasteiger charge is 2.36. The molecule has 3 aromatic carbocycles. The number of carbonyl (C=O) groups is 1. The average Bonchev–Trinajstić information content (AvgIpc) is 2.97. The van der Waals surface area contributed by atoms with Crippen molar-refractivity contribution in [2.45, 2.75) is 77.0 Å². The minimum absolute atomic E-state index is 0.0426. The second-order valence-electron chi connectivity index (χ2n) is 10.9. The number of nitrogens with zero attached hydrogens (tertiary/aromatic N) is 2. The summed E-state index contributed by atoms with van der Waals surface area (Å²) in [6, 6.07) is 20.5. The lowest BCUT2D eigenvalue weighted by molar-refractivity contribution is -0.118. The molecule has 6 heteroatoms. The third-order valence-corrected chi connectivity index (χ3v) is 8.59. The van der Waals surface area contributed by atoms with Gasteiger partial charge < -0.3 is 19.3 Å². The van der Waals surface area contributed by atoms with Crippen molar-refractivity contribution >= 4 is 28.9 Å². The van der Waals surface area contributed by atoms with E-state index in [-0.39, 0.29) is 18.1 Å². The highest BCUT2D eigenvalue weighted by Crippen LogP contribution is 2.44. The summed E-state index contributed by atoms with van der Waals surface area (Å²) in [6.45, 7) is 4.15. The van der Waals surface area contributed by atoms with Gasteiger partial charge in [-0.15, -0.1) is 0 Å².